The zero-order valence-electron chi connectivity index (χ0n) is 16.8. The summed E-state index contributed by atoms with van der Waals surface area (Å²) >= 11 is 5.20. The molecule has 3 saturated carbocycles. The van der Waals surface area contributed by atoms with E-state index in [0.29, 0.717) is 16.9 Å². The number of allylic oxidation sites excluding steroid dienone is 4. The minimum atomic E-state index is -2.05. The van der Waals surface area contributed by atoms with E-state index in [-0.39, 0.29) is 31.5 Å². The van der Waals surface area contributed by atoms with Gasteiger partial charge in [0.05, 0.1) is 6.10 Å². The largest absolute Gasteiger partial charge is 0.436 e. The zero-order chi connectivity index (χ0) is 21.0. The van der Waals surface area contributed by atoms with Gasteiger partial charge in [-0.3, -0.25) is 0 Å². The first-order chi connectivity index (χ1) is 13.5. The van der Waals surface area contributed by atoms with Gasteiger partial charge < -0.3 is 14.6 Å². The average Bonchev–Trinajstić information content (AvgIpc) is 3.15. The molecule has 4 fully saturated rings. The van der Waals surface area contributed by atoms with E-state index in [1.54, 1.807) is 25.2 Å². The van der Waals surface area contributed by atoms with Gasteiger partial charge in [-0.25, -0.2) is 13.6 Å². The van der Waals surface area contributed by atoms with Crippen molar-refractivity contribution in [3.8, 4) is 0 Å². The quantitative estimate of drug-likeness (QED) is 0.476. The summed E-state index contributed by atoms with van der Waals surface area (Å²) in [5.41, 5.74) is -5.07. The molecule has 0 aromatic carbocycles. The number of aliphatic hydroxyl groups excluding tert-OH is 1. The summed E-state index contributed by atoms with van der Waals surface area (Å²) in [7, 11) is 0. The summed E-state index contributed by atoms with van der Waals surface area (Å²) in [5.74, 6) is -1.71. The van der Waals surface area contributed by atoms with Crippen LogP contribution < -0.4 is 0 Å². The van der Waals surface area contributed by atoms with E-state index in [1.807, 2.05) is 13.8 Å². The summed E-state index contributed by atoms with van der Waals surface area (Å²) < 4.78 is 43.5. The summed E-state index contributed by atoms with van der Waals surface area (Å²) in [6.07, 6.45) is 2.63. The van der Waals surface area contributed by atoms with Crippen molar-refractivity contribution in [3.05, 3.63) is 23.8 Å². The third-order valence-corrected chi connectivity index (χ3v) is 9.20. The third kappa shape index (κ3) is 2.00. The normalized spacial score (nSPS) is 55.9. The summed E-state index contributed by atoms with van der Waals surface area (Å²) in [6.45, 7) is 5.31. The number of rotatable bonds is 0. The Bertz CT molecular complexity index is 873. The molecule has 1 saturated heterocycles. The molecule has 1 heterocycles. The molecule has 7 heteroatoms. The van der Waals surface area contributed by atoms with Crippen LogP contribution in [0, 0.1) is 28.6 Å². The van der Waals surface area contributed by atoms with Crippen molar-refractivity contribution in [1.29, 1.82) is 0 Å². The van der Waals surface area contributed by atoms with Gasteiger partial charge in [0, 0.05) is 21.6 Å². The fourth-order valence-electron chi connectivity index (χ4n) is 7.61. The van der Waals surface area contributed by atoms with Gasteiger partial charge in [0.15, 0.2) is 18.1 Å². The van der Waals surface area contributed by atoms with Gasteiger partial charge in [-0.1, -0.05) is 32.1 Å². The monoisotopic (exact) mass is 424 g/mol. The van der Waals surface area contributed by atoms with E-state index >= 15 is 8.78 Å². The Kier molecular flexibility index (Phi) is 3.91. The van der Waals surface area contributed by atoms with Crippen LogP contribution in [0.4, 0.5) is 8.78 Å². The smallest absolute Gasteiger partial charge is 0.341 e. The molecule has 5 rings (SSSR count). The van der Waals surface area contributed by atoms with Gasteiger partial charge in [0.1, 0.15) is 6.17 Å². The average molecular weight is 425 g/mol. The van der Waals surface area contributed by atoms with Crippen LogP contribution in [0.3, 0.4) is 0 Å². The van der Waals surface area contributed by atoms with Crippen LogP contribution in [-0.4, -0.2) is 46.3 Å². The maximum atomic E-state index is 17.0. The number of thiocarbonyl (C=S) groups is 1. The zero-order valence-corrected chi connectivity index (χ0v) is 17.6. The van der Waals surface area contributed by atoms with Gasteiger partial charge in [-0.05, 0) is 55.7 Å². The van der Waals surface area contributed by atoms with Gasteiger partial charge in [-0.2, -0.15) is 0 Å². The van der Waals surface area contributed by atoms with E-state index in [9.17, 15) is 9.90 Å². The highest BCUT2D eigenvalue weighted by molar-refractivity contribution is 7.81. The first-order valence-electron chi connectivity index (χ1n) is 10.3. The lowest BCUT2D eigenvalue weighted by Crippen LogP contribution is -2.70. The lowest BCUT2D eigenvalue weighted by Gasteiger charge is -2.62. The molecule has 4 aliphatic carbocycles. The second-order valence-electron chi connectivity index (χ2n) is 9.93. The van der Waals surface area contributed by atoms with Crippen LogP contribution in [0.5, 0.6) is 0 Å². The fraction of sp³-hybridized carbons (Fsp3) is 0.727. The van der Waals surface area contributed by atoms with E-state index in [2.05, 4.69) is 0 Å². The van der Waals surface area contributed by atoms with Crippen molar-refractivity contribution in [2.45, 2.75) is 63.6 Å². The minimum absolute atomic E-state index is 0.0382. The molecule has 0 bridgehead atoms. The van der Waals surface area contributed by atoms with E-state index in [1.165, 1.54) is 0 Å². The highest BCUT2D eigenvalue weighted by Gasteiger charge is 2.78. The first-order valence-corrected chi connectivity index (χ1v) is 10.7. The molecule has 4 nitrogen and oxygen atoms in total. The predicted octanol–water partition coefficient (Wildman–Crippen LogP) is 3.62. The molecule has 158 valence electrons. The highest BCUT2D eigenvalue weighted by Crippen LogP contribution is 2.72. The maximum absolute atomic E-state index is 17.0. The van der Waals surface area contributed by atoms with E-state index < -0.39 is 46.3 Å². The Morgan fingerprint density at radius 3 is 2.66 bits per heavy atom. The van der Waals surface area contributed by atoms with Gasteiger partial charge in [0.2, 0.25) is 0 Å². The van der Waals surface area contributed by atoms with Crippen LogP contribution in [0.1, 0.15) is 40.0 Å². The molecule has 1 unspecified atom stereocenters. The number of ether oxygens (including phenoxy) is 2. The van der Waals surface area contributed by atoms with Crippen LogP contribution in [0.2, 0.25) is 0 Å². The van der Waals surface area contributed by atoms with Gasteiger partial charge in [-0.15, -0.1) is 0 Å². The molecule has 1 N–H and O–H groups in total. The Morgan fingerprint density at radius 2 is 2.00 bits per heavy atom. The molecule has 1 aliphatic heterocycles. The van der Waals surface area contributed by atoms with Crippen molar-refractivity contribution in [2.24, 2.45) is 28.6 Å². The van der Waals surface area contributed by atoms with E-state index in [0.717, 1.165) is 0 Å². The number of alkyl halides is 2. The molecule has 9 atom stereocenters. The lowest BCUT2D eigenvalue weighted by molar-refractivity contribution is -0.224. The van der Waals surface area contributed by atoms with Crippen molar-refractivity contribution in [3.63, 3.8) is 0 Å². The topological polar surface area (TPSA) is 55.8 Å². The Hall–Kier alpha value is -1.18. The number of carbonyl (C=O) groups excluding carboxylic acids is 1. The van der Waals surface area contributed by atoms with Gasteiger partial charge in [0.25, 0.3) is 0 Å². The summed E-state index contributed by atoms with van der Waals surface area (Å²) in [5, 5.41) is 11.2. The minimum Gasteiger partial charge on any atom is -0.436 e. The second kappa shape index (κ2) is 5.74. The Labute approximate surface area is 174 Å². The number of hydrogen-bond acceptors (Lipinski definition) is 5. The molecule has 0 amide bonds. The molecule has 0 aromatic rings. The number of esters is 1. The van der Waals surface area contributed by atoms with Crippen LogP contribution >= 0.6 is 12.2 Å². The molecular weight excluding hydrogens is 398 g/mol. The first kappa shape index (κ1) is 19.8. The lowest BCUT2D eigenvalue weighted by atomic mass is 9.44. The fourth-order valence-corrected chi connectivity index (χ4v) is 7.80. The van der Waals surface area contributed by atoms with Crippen LogP contribution in [0.15, 0.2) is 23.8 Å². The highest BCUT2D eigenvalue weighted by atomic mass is 32.1. The SMILES string of the molecule is C[C@@H]1CC2[C@@H]3C[C@H](F)C4=CC(=S)C=C[C@]4(C)[C@@]3(F)[C@@H](O)C[C@]2(C)[C@]12OCOC2=O. The van der Waals surface area contributed by atoms with Crippen molar-refractivity contribution < 1.29 is 28.2 Å². The number of fused-ring (bicyclic) bond motifs is 6. The van der Waals surface area contributed by atoms with E-state index in [4.69, 9.17) is 21.7 Å². The van der Waals surface area contributed by atoms with Crippen LogP contribution in [-0.2, 0) is 14.3 Å². The Balaban J connectivity index is 1.66. The van der Waals surface area contributed by atoms with Crippen LogP contribution in [0.25, 0.3) is 0 Å². The second-order valence-corrected chi connectivity index (χ2v) is 10.4. The van der Waals surface area contributed by atoms with Crippen molar-refractivity contribution >= 4 is 23.1 Å². The van der Waals surface area contributed by atoms with Crippen molar-refractivity contribution in [2.75, 3.05) is 6.79 Å². The standard InChI is InChI=1S/C22H26F2O4S/c1-11-6-13-14-8-16(23)15-7-12(29)4-5-19(15,2)21(14,24)17(25)9-20(13,3)22(11)18(26)27-10-28-22/h4-5,7,11,13-14,16-17,25H,6,8-10H2,1-3H3/t11-,13?,14+,16+,17+,19+,20+,21+,22+/m1/s1. The molecule has 29 heavy (non-hydrogen) atoms. The molecule has 0 radical (unpaired) electrons. The number of aliphatic hydroxyl groups is 1. The number of carbonyl (C=O) groups is 1. The molecular formula is C22H26F2O4S. The number of cyclic esters (lactones) is 1. The summed E-state index contributed by atoms with van der Waals surface area (Å²) in [6, 6.07) is 0. The Morgan fingerprint density at radius 1 is 1.28 bits per heavy atom. The maximum Gasteiger partial charge on any atom is 0.341 e. The predicted molar refractivity (Wildman–Crippen MR) is 106 cm³/mol. The number of hydrogen-bond donors (Lipinski definition) is 1. The molecule has 1 spiro atoms. The summed E-state index contributed by atoms with van der Waals surface area (Å²) in [4.78, 5) is 13.2. The molecule has 5 aliphatic rings. The number of halogens is 2. The molecule has 0 aromatic heterocycles. The third-order valence-electron chi connectivity index (χ3n) is 8.95. The van der Waals surface area contributed by atoms with Gasteiger partial charge >= 0.3 is 5.97 Å². The van der Waals surface area contributed by atoms with Crippen molar-refractivity contribution in [1.82, 2.24) is 0 Å².